The van der Waals surface area contributed by atoms with Crippen LogP contribution in [0.15, 0.2) is 24.3 Å². The number of hydrogen-bond acceptors (Lipinski definition) is 6. The number of nitrogens with one attached hydrogen (secondary N) is 2. The number of aldehydes is 1. The quantitative estimate of drug-likeness (QED) is 0.237. The first kappa shape index (κ1) is 25.5. The Balaban J connectivity index is 1.46. The molecule has 10 heteroatoms. The van der Waals surface area contributed by atoms with E-state index in [1.807, 2.05) is 4.90 Å². The lowest BCUT2D eigenvalue weighted by atomic mass is 9.83. The van der Waals surface area contributed by atoms with Crippen LogP contribution in [0.4, 0.5) is 5.69 Å². The lowest BCUT2D eigenvalue weighted by Gasteiger charge is -2.35. The highest BCUT2D eigenvalue weighted by Crippen LogP contribution is 2.37. The predicted octanol–water partition coefficient (Wildman–Crippen LogP) is 2.25. The van der Waals surface area contributed by atoms with E-state index in [1.165, 1.54) is 0 Å². The fraction of sp³-hybridized carbons (Fsp3) is 0.600. The summed E-state index contributed by atoms with van der Waals surface area (Å²) in [5, 5.41) is 10.6. The van der Waals surface area contributed by atoms with Gasteiger partial charge in [-0.05, 0) is 74.5 Å². The summed E-state index contributed by atoms with van der Waals surface area (Å²) in [6.45, 7) is 3.89. The van der Waals surface area contributed by atoms with Crippen LogP contribution in [-0.2, 0) is 9.59 Å². The van der Waals surface area contributed by atoms with Crippen molar-refractivity contribution in [1.29, 1.82) is 5.41 Å². The number of hydrogen-bond donors (Lipinski definition) is 3. The van der Waals surface area contributed by atoms with Crippen LogP contribution in [0.3, 0.4) is 0 Å². The second-order valence-corrected chi connectivity index (χ2v) is 10.7. The molecular formula is C25H36N6O3S. The minimum atomic E-state index is -0.498. The highest BCUT2D eigenvalue weighted by Gasteiger charge is 2.44. The molecule has 0 radical (unpaired) electrons. The summed E-state index contributed by atoms with van der Waals surface area (Å²) in [5.41, 5.74) is 6.80. The van der Waals surface area contributed by atoms with Crippen LogP contribution in [0.5, 0.6) is 0 Å². The van der Waals surface area contributed by atoms with Gasteiger partial charge >= 0.3 is 0 Å². The molecule has 0 bridgehead atoms. The van der Waals surface area contributed by atoms with E-state index in [1.54, 1.807) is 41.1 Å². The lowest BCUT2D eigenvalue weighted by molar-refractivity contribution is -0.141. The Hall–Kier alpha value is -2.59. The number of rotatable bonds is 6. The molecule has 2 amide bonds. The van der Waals surface area contributed by atoms with Crippen molar-refractivity contribution in [2.75, 3.05) is 44.3 Å². The van der Waals surface area contributed by atoms with Gasteiger partial charge in [0, 0.05) is 49.9 Å². The van der Waals surface area contributed by atoms with Crippen LogP contribution < -0.4 is 11.1 Å². The van der Waals surface area contributed by atoms with Gasteiger partial charge in [-0.3, -0.25) is 24.1 Å². The van der Waals surface area contributed by atoms with Crippen molar-refractivity contribution in [2.45, 2.75) is 38.1 Å². The molecule has 3 saturated heterocycles. The Morgan fingerprint density at radius 2 is 1.71 bits per heavy atom. The van der Waals surface area contributed by atoms with E-state index >= 15 is 0 Å². The van der Waals surface area contributed by atoms with Crippen molar-refractivity contribution in [3.05, 3.63) is 29.8 Å². The fourth-order valence-corrected chi connectivity index (χ4v) is 6.28. The maximum Gasteiger partial charge on any atom is 0.247 e. The second-order valence-electron chi connectivity index (χ2n) is 9.83. The van der Waals surface area contributed by atoms with E-state index in [0.717, 1.165) is 32.2 Å². The van der Waals surface area contributed by atoms with Gasteiger partial charge in [-0.25, -0.2) is 0 Å². The number of carbonyl (C=O) groups excluding carboxylic acids is 3. The Morgan fingerprint density at radius 3 is 2.29 bits per heavy atom. The molecule has 4 rings (SSSR count). The van der Waals surface area contributed by atoms with E-state index in [9.17, 15) is 14.4 Å². The van der Waals surface area contributed by atoms with Gasteiger partial charge in [0.05, 0.1) is 0 Å². The normalized spacial score (nSPS) is 24.4. The summed E-state index contributed by atoms with van der Waals surface area (Å²) in [5.74, 6) is 0.610. The minimum absolute atomic E-state index is 0.0478. The maximum atomic E-state index is 13.6. The number of amides is 2. The van der Waals surface area contributed by atoms with E-state index in [-0.39, 0.29) is 23.7 Å². The summed E-state index contributed by atoms with van der Waals surface area (Å²) in [6, 6.07) is 6.28. The van der Waals surface area contributed by atoms with E-state index in [0.29, 0.717) is 62.0 Å². The van der Waals surface area contributed by atoms with Gasteiger partial charge < -0.3 is 20.9 Å². The Kier molecular flexibility index (Phi) is 8.33. The third kappa shape index (κ3) is 5.98. The molecule has 3 aliphatic rings. The van der Waals surface area contributed by atoms with Crippen LogP contribution in [0.1, 0.15) is 42.5 Å². The summed E-state index contributed by atoms with van der Waals surface area (Å²) in [7, 11) is 0. The van der Waals surface area contributed by atoms with Gasteiger partial charge in [-0.2, -0.15) is 0 Å². The second kappa shape index (κ2) is 11.4. The largest absolute Gasteiger partial charge is 0.370 e. The average molecular weight is 501 g/mol. The molecule has 190 valence electrons. The minimum Gasteiger partial charge on any atom is -0.370 e. The lowest BCUT2D eigenvalue weighted by Crippen LogP contribution is -2.49. The van der Waals surface area contributed by atoms with Crippen LogP contribution in [-0.4, -0.2) is 83.2 Å². The molecule has 35 heavy (non-hydrogen) atoms. The zero-order valence-electron chi connectivity index (χ0n) is 20.3. The molecule has 1 aromatic carbocycles. The first-order valence-electron chi connectivity index (χ1n) is 12.4. The molecule has 3 fully saturated rings. The molecule has 2 unspecified atom stereocenters. The van der Waals surface area contributed by atoms with E-state index in [2.05, 4.69) is 15.9 Å². The third-order valence-corrected chi connectivity index (χ3v) is 8.72. The zero-order valence-corrected chi connectivity index (χ0v) is 21.1. The molecule has 0 spiro atoms. The van der Waals surface area contributed by atoms with Gasteiger partial charge in [-0.15, -0.1) is 0 Å². The van der Waals surface area contributed by atoms with Crippen molar-refractivity contribution in [1.82, 2.24) is 14.1 Å². The summed E-state index contributed by atoms with van der Waals surface area (Å²) in [4.78, 5) is 41.6. The molecular weight excluding hydrogens is 464 g/mol. The van der Waals surface area contributed by atoms with Crippen molar-refractivity contribution in [2.24, 2.45) is 23.5 Å². The Labute approximate surface area is 211 Å². The number of nitrogens with two attached hydrogens (primary N) is 1. The Bertz CT molecular complexity index is 926. The van der Waals surface area contributed by atoms with Gasteiger partial charge in [-0.1, -0.05) is 11.9 Å². The predicted molar refractivity (Wildman–Crippen MR) is 138 cm³/mol. The van der Waals surface area contributed by atoms with Crippen molar-refractivity contribution >= 4 is 41.7 Å². The average Bonchev–Trinajstić information content (AvgIpc) is 3.34. The first-order chi connectivity index (χ1) is 16.9. The molecule has 0 aliphatic carbocycles. The Morgan fingerprint density at radius 1 is 1.06 bits per heavy atom. The number of benzene rings is 1. The molecule has 3 heterocycles. The first-order valence-corrected chi connectivity index (χ1v) is 13.6. The smallest absolute Gasteiger partial charge is 0.247 e. The number of nitrogens with zero attached hydrogens (tertiary/aromatic N) is 3. The van der Waals surface area contributed by atoms with Crippen molar-refractivity contribution in [3.63, 3.8) is 0 Å². The zero-order chi connectivity index (χ0) is 24.9. The summed E-state index contributed by atoms with van der Waals surface area (Å²) in [6.07, 6.45) is 7.03. The van der Waals surface area contributed by atoms with Gasteiger partial charge in [0.15, 0.2) is 5.96 Å². The molecule has 3 aliphatic heterocycles. The monoisotopic (exact) mass is 500 g/mol. The number of guanidine groups is 1. The maximum absolute atomic E-state index is 13.6. The fourth-order valence-electron chi connectivity index (χ4n) is 5.70. The van der Waals surface area contributed by atoms with E-state index < -0.39 is 6.04 Å². The number of likely N-dealkylation sites (tertiary alicyclic amines) is 2. The van der Waals surface area contributed by atoms with Gasteiger partial charge in [0.25, 0.3) is 0 Å². The standard InChI is InChI=1S/C25H36N6O3S/c1-35-30-12-8-18(9-13-30)20-14-22(23(33)28-21-4-2-17(16-32)3-5-21)31(15-20)24(34)19-6-10-29(11-7-19)25(26)27/h2-5,16,18-20,22H,6-15H2,1H3,(H3,26,27)(H,28,33). The molecule has 4 N–H and O–H groups in total. The van der Waals surface area contributed by atoms with Crippen molar-refractivity contribution in [3.8, 4) is 0 Å². The third-order valence-electron chi connectivity index (χ3n) is 7.84. The molecule has 2 atom stereocenters. The molecule has 1 aromatic rings. The molecule has 0 aromatic heterocycles. The highest BCUT2D eigenvalue weighted by atomic mass is 32.2. The van der Waals surface area contributed by atoms with Crippen LogP contribution >= 0.6 is 11.9 Å². The molecule has 0 saturated carbocycles. The topological polar surface area (TPSA) is 123 Å². The van der Waals surface area contributed by atoms with Gasteiger partial charge in [0.2, 0.25) is 11.8 Å². The number of carbonyl (C=O) groups is 3. The van der Waals surface area contributed by atoms with Crippen LogP contribution in [0, 0.1) is 23.2 Å². The summed E-state index contributed by atoms with van der Waals surface area (Å²) >= 11 is 1.78. The number of piperidine rings is 2. The molecule has 9 nitrogen and oxygen atoms in total. The SMILES string of the molecule is CSN1CCC(C2CC(C(=O)Nc3ccc(C=O)cc3)N(C(=O)C3CCN(C(=N)N)CC3)C2)CC1. The van der Waals surface area contributed by atoms with Crippen LogP contribution in [0.2, 0.25) is 0 Å². The van der Waals surface area contributed by atoms with Crippen LogP contribution in [0.25, 0.3) is 0 Å². The number of anilines is 1. The highest BCUT2D eigenvalue weighted by molar-refractivity contribution is 7.96. The van der Waals surface area contributed by atoms with Gasteiger partial charge in [0.1, 0.15) is 12.3 Å². The van der Waals surface area contributed by atoms with E-state index in [4.69, 9.17) is 11.1 Å². The summed E-state index contributed by atoms with van der Waals surface area (Å²) < 4.78 is 2.38. The van der Waals surface area contributed by atoms with Crippen molar-refractivity contribution < 1.29 is 14.4 Å².